The van der Waals surface area contributed by atoms with E-state index in [4.69, 9.17) is 0 Å². The van der Waals surface area contributed by atoms with Crippen molar-refractivity contribution >= 4 is 17.5 Å². The molecule has 7 heteroatoms. The maximum absolute atomic E-state index is 13.0. The lowest BCUT2D eigenvalue weighted by Gasteiger charge is -2.36. The molecule has 1 aromatic carbocycles. The van der Waals surface area contributed by atoms with Crippen LogP contribution in [-0.2, 0) is 4.79 Å². The quantitative estimate of drug-likeness (QED) is 0.758. The monoisotopic (exact) mass is 409 g/mol. The van der Waals surface area contributed by atoms with Gasteiger partial charge in [0, 0.05) is 25.0 Å². The second-order valence-corrected chi connectivity index (χ2v) is 7.58. The van der Waals surface area contributed by atoms with Crippen LogP contribution in [0.5, 0.6) is 0 Å². The van der Waals surface area contributed by atoms with Crippen LogP contribution >= 0.6 is 0 Å². The van der Waals surface area contributed by atoms with Gasteiger partial charge < -0.3 is 10.2 Å². The van der Waals surface area contributed by atoms with Crippen molar-refractivity contribution < 1.29 is 9.59 Å². The predicted octanol–water partition coefficient (Wildman–Crippen LogP) is 3.43. The van der Waals surface area contributed by atoms with E-state index < -0.39 is 0 Å². The van der Waals surface area contributed by atoms with Crippen LogP contribution in [0.3, 0.4) is 0 Å². The number of amides is 2. The number of benzene rings is 1. The molecule has 0 unspecified atom stereocenters. The Balaban J connectivity index is 1.87. The van der Waals surface area contributed by atoms with Gasteiger partial charge in [0.05, 0.1) is 23.8 Å². The Morgan fingerprint density at radius 2 is 1.90 bits per heavy atom. The number of aromatic nitrogens is 2. The number of piperidine rings is 1. The summed E-state index contributed by atoms with van der Waals surface area (Å²) < 4.78 is 0. The Bertz CT molecular complexity index is 867. The van der Waals surface area contributed by atoms with E-state index in [-0.39, 0.29) is 17.9 Å². The molecule has 1 aliphatic heterocycles. The summed E-state index contributed by atoms with van der Waals surface area (Å²) in [6.07, 6.45) is 4.56. The molecule has 1 saturated heterocycles. The molecular formula is C23H31N5O2. The van der Waals surface area contributed by atoms with Gasteiger partial charge in [-0.2, -0.15) is 0 Å². The van der Waals surface area contributed by atoms with Crippen molar-refractivity contribution in [2.75, 3.05) is 31.5 Å². The molecule has 0 aliphatic carbocycles. The third-order valence-corrected chi connectivity index (χ3v) is 5.60. The summed E-state index contributed by atoms with van der Waals surface area (Å²) in [4.78, 5) is 38.7. The molecule has 2 heterocycles. The van der Waals surface area contributed by atoms with Gasteiger partial charge in [-0.25, -0.2) is 9.97 Å². The van der Waals surface area contributed by atoms with Crippen molar-refractivity contribution in [1.82, 2.24) is 19.8 Å². The molecule has 7 nitrogen and oxygen atoms in total. The minimum atomic E-state index is -0.225. The van der Waals surface area contributed by atoms with Crippen LogP contribution in [-0.4, -0.2) is 57.8 Å². The van der Waals surface area contributed by atoms with Gasteiger partial charge in [0.1, 0.15) is 5.82 Å². The Hall–Kier alpha value is -2.80. The number of para-hydroxylation sites is 1. The number of nitrogens with zero attached hydrogens (tertiary/aromatic N) is 4. The zero-order valence-corrected chi connectivity index (χ0v) is 18.1. The van der Waals surface area contributed by atoms with Crippen LogP contribution < -0.4 is 5.32 Å². The van der Waals surface area contributed by atoms with E-state index in [0.717, 1.165) is 31.5 Å². The lowest BCUT2D eigenvalue weighted by molar-refractivity contribution is -0.133. The summed E-state index contributed by atoms with van der Waals surface area (Å²) in [5.41, 5.74) is 1.91. The van der Waals surface area contributed by atoms with E-state index in [2.05, 4.69) is 20.2 Å². The molecule has 160 valence electrons. The molecule has 0 radical (unpaired) electrons. The molecule has 1 atom stereocenters. The van der Waals surface area contributed by atoms with Crippen molar-refractivity contribution in [2.45, 2.75) is 46.1 Å². The molecule has 0 spiro atoms. The molecule has 30 heavy (non-hydrogen) atoms. The minimum absolute atomic E-state index is 0.0727. The molecule has 0 bridgehead atoms. The molecule has 1 aromatic heterocycles. The minimum Gasteiger partial charge on any atom is -0.342 e. The van der Waals surface area contributed by atoms with Crippen LogP contribution in [0.15, 0.2) is 36.5 Å². The highest BCUT2D eigenvalue weighted by Gasteiger charge is 2.31. The molecule has 2 amide bonds. The normalized spacial score (nSPS) is 16.8. The summed E-state index contributed by atoms with van der Waals surface area (Å²) in [7, 11) is 0. The zero-order chi connectivity index (χ0) is 21.5. The standard InChI is InChI=1S/C23H31N5O2/c1-4-27(5-2)21(29)16-28-14-10-9-13-20(28)22-19(15-24-17(3)25-22)23(30)26-18-11-7-6-8-12-18/h6-8,11-12,15,20H,4-5,9-10,13-14,16H2,1-3H3,(H,26,30)/t20-/m1/s1. The van der Waals surface area contributed by atoms with E-state index >= 15 is 0 Å². The smallest absolute Gasteiger partial charge is 0.259 e. The Labute approximate surface area is 178 Å². The number of nitrogens with one attached hydrogen (secondary N) is 1. The predicted molar refractivity (Wildman–Crippen MR) is 117 cm³/mol. The van der Waals surface area contributed by atoms with Gasteiger partial charge in [0.15, 0.2) is 0 Å². The summed E-state index contributed by atoms with van der Waals surface area (Å²) in [6.45, 7) is 8.38. The van der Waals surface area contributed by atoms with E-state index in [0.29, 0.717) is 36.7 Å². The van der Waals surface area contributed by atoms with Crippen molar-refractivity contribution in [3.8, 4) is 0 Å². The number of hydrogen-bond donors (Lipinski definition) is 1. The Morgan fingerprint density at radius 3 is 2.60 bits per heavy atom. The highest BCUT2D eigenvalue weighted by Crippen LogP contribution is 2.32. The Kier molecular flexibility index (Phi) is 7.52. The lowest BCUT2D eigenvalue weighted by atomic mass is 9.96. The third kappa shape index (κ3) is 5.21. The first kappa shape index (κ1) is 21.9. The van der Waals surface area contributed by atoms with Crippen LogP contribution in [0.4, 0.5) is 5.69 Å². The van der Waals surface area contributed by atoms with Gasteiger partial charge in [0.25, 0.3) is 5.91 Å². The van der Waals surface area contributed by atoms with Crippen LogP contribution in [0.25, 0.3) is 0 Å². The first-order valence-electron chi connectivity index (χ1n) is 10.7. The fourth-order valence-electron chi connectivity index (χ4n) is 3.98. The zero-order valence-electron chi connectivity index (χ0n) is 18.1. The first-order valence-corrected chi connectivity index (χ1v) is 10.7. The van der Waals surface area contributed by atoms with E-state index in [1.54, 1.807) is 6.20 Å². The SMILES string of the molecule is CCN(CC)C(=O)CN1CCCC[C@@H]1c1nc(C)ncc1C(=O)Nc1ccccc1. The Morgan fingerprint density at radius 1 is 1.17 bits per heavy atom. The maximum Gasteiger partial charge on any atom is 0.259 e. The number of rotatable bonds is 7. The molecule has 0 saturated carbocycles. The molecule has 3 rings (SSSR count). The maximum atomic E-state index is 13.0. The number of carbonyl (C=O) groups is 2. The van der Waals surface area contributed by atoms with Crippen LogP contribution in [0.2, 0.25) is 0 Å². The van der Waals surface area contributed by atoms with Gasteiger partial charge >= 0.3 is 0 Å². The first-order chi connectivity index (χ1) is 14.5. The highest BCUT2D eigenvalue weighted by molar-refractivity contribution is 6.04. The summed E-state index contributed by atoms with van der Waals surface area (Å²) in [6, 6.07) is 9.29. The second-order valence-electron chi connectivity index (χ2n) is 7.58. The van der Waals surface area contributed by atoms with Crippen molar-refractivity contribution in [1.29, 1.82) is 0 Å². The second kappa shape index (κ2) is 10.3. The van der Waals surface area contributed by atoms with Gasteiger partial charge in [0.2, 0.25) is 5.91 Å². The van der Waals surface area contributed by atoms with Crippen LogP contribution in [0.1, 0.15) is 61.0 Å². The summed E-state index contributed by atoms with van der Waals surface area (Å²) >= 11 is 0. The number of carbonyl (C=O) groups excluding carboxylic acids is 2. The average molecular weight is 410 g/mol. The van der Waals surface area contributed by atoms with E-state index in [9.17, 15) is 9.59 Å². The fourth-order valence-corrected chi connectivity index (χ4v) is 3.98. The van der Waals surface area contributed by atoms with Crippen molar-refractivity contribution in [3.05, 3.63) is 53.6 Å². The molecule has 1 aliphatic rings. The van der Waals surface area contributed by atoms with Gasteiger partial charge in [-0.1, -0.05) is 24.6 Å². The molecule has 2 aromatic rings. The number of likely N-dealkylation sites (tertiary alicyclic amines) is 1. The average Bonchev–Trinajstić information content (AvgIpc) is 2.75. The van der Waals surface area contributed by atoms with E-state index in [1.165, 1.54) is 0 Å². The number of hydrogen-bond acceptors (Lipinski definition) is 5. The molecule has 1 fully saturated rings. The molecular weight excluding hydrogens is 378 g/mol. The van der Waals surface area contributed by atoms with E-state index in [1.807, 2.05) is 56.0 Å². The van der Waals surface area contributed by atoms with Crippen molar-refractivity contribution in [2.24, 2.45) is 0 Å². The van der Waals surface area contributed by atoms with Gasteiger partial charge in [-0.3, -0.25) is 14.5 Å². The fraction of sp³-hybridized carbons (Fsp3) is 0.478. The number of aryl methyl sites for hydroxylation is 1. The van der Waals surface area contributed by atoms with Crippen molar-refractivity contribution in [3.63, 3.8) is 0 Å². The lowest BCUT2D eigenvalue weighted by Crippen LogP contribution is -2.44. The largest absolute Gasteiger partial charge is 0.342 e. The van der Waals surface area contributed by atoms with Crippen LogP contribution in [0, 0.1) is 6.92 Å². The number of anilines is 1. The summed E-state index contributed by atoms with van der Waals surface area (Å²) in [5.74, 6) is 0.520. The highest BCUT2D eigenvalue weighted by atomic mass is 16.2. The van der Waals surface area contributed by atoms with Gasteiger partial charge in [-0.15, -0.1) is 0 Å². The topological polar surface area (TPSA) is 78.4 Å². The van der Waals surface area contributed by atoms with Gasteiger partial charge in [-0.05, 0) is 52.3 Å². The number of likely N-dealkylation sites (N-methyl/N-ethyl adjacent to an activating group) is 1. The summed E-state index contributed by atoms with van der Waals surface area (Å²) in [5, 5.41) is 2.94. The molecule has 1 N–H and O–H groups in total. The third-order valence-electron chi connectivity index (χ3n) is 5.60.